The van der Waals surface area contributed by atoms with Gasteiger partial charge in [0.2, 0.25) is 0 Å². The van der Waals surface area contributed by atoms with E-state index in [1.54, 1.807) is 13.1 Å². The standard InChI is InChI=1S/C10H13NO2/c1-7-4-5-8(10(12)13-3)9(6-7)11-2/h4-6,11H,1-3H3. The minimum Gasteiger partial charge on any atom is -0.465 e. The van der Waals surface area contributed by atoms with Crippen LogP contribution in [-0.4, -0.2) is 20.1 Å². The Hall–Kier alpha value is -1.51. The Kier molecular flexibility index (Phi) is 2.90. The van der Waals surface area contributed by atoms with Crippen molar-refractivity contribution < 1.29 is 9.53 Å². The van der Waals surface area contributed by atoms with Crippen molar-refractivity contribution >= 4 is 11.7 Å². The molecule has 0 saturated carbocycles. The van der Waals surface area contributed by atoms with Gasteiger partial charge in [-0.2, -0.15) is 0 Å². The highest BCUT2D eigenvalue weighted by molar-refractivity contribution is 5.95. The Bertz CT molecular complexity index is 321. The summed E-state index contributed by atoms with van der Waals surface area (Å²) in [4.78, 5) is 11.2. The van der Waals surface area contributed by atoms with Gasteiger partial charge in [0.25, 0.3) is 0 Å². The van der Waals surface area contributed by atoms with E-state index in [0.29, 0.717) is 5.56 Å². The van der Waals surface area contributed by atoms with E-state index in [0.717, 1.165) is 11.3 Å². The highest BCUT2D eigenvalue weighted by Crippen LogP contribution is 2.17. The molecule has 0 aromatic heterocycles. The van der Waals surface area contributed by atoms with Gasteiger partial charge in [-0.25, -0.2) is 4.79 Å². The molecule has 0 radical (unpaired) electrons. The Labute approximate surface area is 77.7 Å². The average molecular weight is 179 g/mol. The van der Waals surface area contributed by atoms with Crippen LogP contribution in [0, 0.1) is 6.92 Å². The van der Waals surface area contributed by atoms with E-state index in [2.05, 4.69) is 10.1 Å². The summed E-state index contributed by atoms with van der Waals surface area (Å²) in [6.45, 7) is 1.97. The molecule has 13 heavy (non-hydrogen) atoms. The quantitative estimate of drug-likeness (QED) is 0.704. The van der Waals surface area contributed by atoms with E-state index in [1.165, 1.54) is 7.11 Å². The first-order valence-electron chi connectivity index (χ1n) is 4.05. The summed E-state index contributed by atoms with van der Waals surface area (Å²) in [6.07, 6.45) is 0. The number of carbonyl (C=O) groups excluding carboxylic acids is 1. The fraction of sp³-hybridized carbons (Fsp3) is 0.300. The normalized spacial score (nSPS) is 9.46. The number of nitrogens with one attached hydrogen (secondary N) is 1. The van der Waals surface area contributed by atoms with Crippen LogP contribution in [0.1, 0.15) is 15.9 Å². The lowest BCUT2D eigenvalue weighted by Gasteiger charge is -2.07. The Balaban J connectivity index is 3.13. The maximum Gasteiger partial charge on any atom is 0.339 e. The van der Waals surface area contributed by atoms with Crippen molar-refractivity contribution in [3.63, 3.8) is 0 Å². The SMILES string of the molecule is CNc1cc(C)ccc1C(=O)OC. The first-order chi connectivity index (χ1) is 6.19. The Morgan fingerprint density at radius 3 is 2.69 bits per heavy atom. The second-order valence-corrected chi connectivity index (χ2v) is 2.79. The number of ether oxygens (including phenoxy) is 1. The molecule has 0 unspecified atom stereocenters. The van der Waals surface area contributed by atoms with Crippen molar-refractivity contribution in [2.24, 2.45) is 0 Å². The van der Waals surface area contributed by atoms with Gasteiger partial charge in [0, 0.05) is 12.7 Å². The van der Waals surface area contributed by atoms with Gasteiger partial charge < -0.3 is 10.1 Å². The molecule has 0 atom stereocenters. The van der Waals surface area contributed by atoms with Gasteiger partial charge in [0.1, 0.15) is 0 Å². The summed E-state index contributed by atoms with van der Waals surface area (Å²) >= 11 is 0. The van der Waals surface area contributed by atoms with E-state index in [4.69, 9.17) is 0 Å². The molecule has 70 valence electrons. The number of aryl methyl sites for hydroxylation is 1. The summed E-state index contributed by atoms with van der Waals surface area (Å²) in [7, 11) is 3.16. The molecule has 1 aromatic carbocycles. The lowest BCUT2D eigenvalue weighted by molar-refractivity contribution is 0.0602. The van der Waals surface area contributed by atoms with Gasteiger partial charge in [-0.3, -0.25) is 0 Å². The predicted molar refractivity (Wildman–Crippen MR) is 52.1 cm³/mol. The molecule has 0 fully saturated rings. The fourth-order valence-corrected chi connectivity index (χ4v) is 1.15. The number of anilines is 1. The second-order valence-electron chi connectivity index (χ2n) is 2.79. The number of methoxy groups -OCH3 is 1. The molecule has 0 saturated heterocycles. The van der Waals surface area contributed by atoms with Crippen LogP contribution >= 0.6 is 0 Å². The molecular weight excluding hydrogens is 166 g/mol. The molecule has 0 amide bonds. The maximum absolute atomic E-state index is 11.2. The van der Waals surface area contributed by atoms with Crippen LogP contribution in [0.2, 0.25) is 0 Å². The molecule has 0 bridgehead atoms. The van der Waals surface area contributed by atoms with Crippen molar-refractivity contribution in [1.82, 2.24) is 0 Å². The van der Waals surface area contributed by atoms with E-state index in [1.807, 2.05) is 19.1 Å². The summed E-state index contributed by atoms with van der Waals surface area (Å²) in [5, 5.41) is 2.95. The lowest BCUT2D eigenvalue weighted by atomic mass is 10.1. The van der Waals surface area contributed by atoms with Gasteiger partial charge in [-0.1, -0.05) is 6.07 Å². The van der Waals surface area contributed by atoms with Gasteiger partial charge in [-0.15, -0.1) is 0 Å². The molecular formula is C10H13NO2. The van der Waals surface area contributed by atoms with Gasteiger partial charge in [0.05, 0.1) is 12.7 Å². The third kappa shape index (κ3) is 1.99. The molecule has 3 heteroatoms. The third-order valence-electron chi connectivity index (χ3n) is 1.85. The molecule has 3 nitrogen and oxygen atoms in total. The van der Waals surface area contributed by atoms with E-state index in [9.17, 15) is 4.79 Å². The van der Waals surface area contributed by atoms with Crippen LogP contribution in [0.3, 0.4) is 0 Å². The fourth-order valence-electron chi connectivity index (χ4n) is 1.15. The summed E-state index contributed by atoms with van der Waals surface area (Å²) in [5.41, 5.74) is 2.47. The van der Waals surface area contributed by atoms with Crippen LogP contribution in [0.25, 0.3) is 0 Å². The van der Waals surface area contributed by atoms with E-state index < -0.39 is 0 Å². The molecule has 0 spiro atoms. The number of rotatable bonds is 2. The zero-order chi connectivity index (χ0) is 9.84. The molecule has 0 aliphatic heterocycles. The van der Waals surface area contributed by atoms with Crippen molar-refractivity contribution in [2.75, 3.05) is 19.5 Å². The molecule has 0 heterocycles. The molecule has 0 aliphatic carbocycles. The minimum atomic E-state index is -0.315. The van der Waals surface area contributed by atoms with Crippen molar-refractivity contribution in [3.8, 4) is 0 Å². The zero-order valence-corrected chi connectivity index (χ0v) is 8.05. The Morgan fingerprint density at radius 2 is 2.15 bits per heavy atom. The number of carbonyl (C=O) groups is 1. The second kappa shape index (κ2) is 3.94. The molecule has 1 rings (SSSR count). The number of esters is 1. The number of hydrogen-bond donors (Lipinski definition) is 1. The van der Waals surface area contributed by atoms with Crippen LogP contribution < -0.4 is 5.32 Å². The van der Waals surface area contributed by atoms with Crippen LogP contribution in [-0.2, 0) is 4.74 Å². The minimum absolute atomic E-state index is 0.315. The van der Waals surface area contributed by atoms with Crippen LogP contribution in [0.15, 0.2) is 18.2 Å². The number of hydrogen-bond acceptors (Lipinski definition) is 3. The van der Waals surface area contributed by atoms with Crippen molar-refractivity contribution in [3.05, 3.63) is 29.3 Å². The molecule has 1 aromatic rings. The summed E-state index contributed by atoms with van der Waals surface area (Å²) in [5.74, 6) is -0.315. The van der Waals surface area contributed by atoms with Crippen molar-refractivity contribution in [1.29, 1.82) is 0 Å². The first-order valence-corrected chi connectivity index (χ1v) is 4.05. The summed E-state index contributed by atoms with van der Waals surface area (Å²) < 4.78 is 4.64. The summed E-state index contributed by atoms with van der Waals surface area (Å²) in [6, 6.07) is 5.55. The monoisotopic (exact) mass is 179 g/mol. The van der Waals surface area contributed by atoms with E-state index in [-0.39, 0.29) is 5.97 Å². The highest BCUT2D eigenvalue weighted by atomic mass is 16.5. The highest BCUT2D eigenvalue weighted by Gasteiger charge is 2.09. The third-order valence-corrected chi connectivity index (χ3v) is 1.85. The lowest BCUT2D eigenvalue weighted by Crippen LogP contribution is -2.05. The van der Waals surface area contributed by atoms with Crippen LogP contribution in [0.4, 0.5) is 5.69 Å². The van der Waals surface area contributed by atoms with Gasteiger partial charge >= 0.3 is 5.97 Å². The first kappa shape index (κ1) is 9.58. The zero-order valence-electron chi connectivity index (χ0n) is 8.05. The predicted octanol–water partition coefficient (Wildman–Crippen LogP) is 1.82. The average Bonchev–Trinajstić information content (AvgIpc) is 2.16. The smallest absolute Gasteiger partial charge is 0.339 e. The largest absolute Gasteiger partial charge is 0.465 e. The van der Waals surface area contributed by atoms with E-state index >= 15 is 0 Å². The molecule has 1 N–H and O–H groups in total. The maximum atomic E-state index is 11.2. The van der Waals surface area contributed by atoms with Gasteiger partial charge in [0.15, 0.2) is 0 Å². The Morgan fingerprint density at radius 1 is 1.46 bits per heavy atom. The molecule has 0 aliphatic rings. The van der Waals surface area contributed by atoms with Crippen LogP contribution in [0.5, 0.6) is 0 Å². The van der Waals surface area contributed by atoms with Crippen molar-refractivity contribution in [2.45, 2.75) is 6.92 Å². The topological polar surface area (TPSA) is 38.3 Å². The number of benzene rings is 1. The van der Waals surface area contributed by atoms with Gasteiger partial charge in [-0.05, 0) is 24.6 Å².